The van der Waals surface area contributed by atoms with E-state index < -0.39 is 0 Å². The number of aromatic hydroxyl groups is 1. The molecule has 1 heterocycles. The minimum Gasteiger partial charge on any atom is -0.508 e. The monoisotopic (exact) mass is 232 g/mol. The smallest absolute Gasteiger partial charge is 0.260 e. The molecule has 5 nitrogen and oxygen atoms in total. The molecule has 0 spiro atoms. The van der Waals surface area contributed by atoms with Gasteiger partial charge < -0.3 is 14.9 Å². The third-order valence-electron chi connectivity index (χ3n) is 2.45. The summed E-state index contributed by atoms with van der Waals surface area (Å²) in [4.78, 5) is 11.8. The minimum atomic E-state index is -0.283. The van der Waals surface area contributed by atoms with Gasteiger partial charge in [-0.25, -0.2) is 0 Å². The number of phenolic OH excluding ortho intramolecular Hbond substituents is 1. The Balaban J connectivity index is 2.19. The second kappa shape index (κ2) is 4.29. The van der Waals surface area contributed by atoms with E-state index in [2.05, 4.69) is 10.5 Å². The van der Waals surface area contributed by atoms with Crippen molar-refractivity contribution in [3.05, 3.63) is 41.3 Å². The van der Waals surface area contributed by atoms with Gasteiger partial charge in [-0.1, -0.05) is 5.16 Å². The summed E-state index contributed by atoms with van der Waals surface area (Å²) in [6.07, 6.45) is 1.37. The van der Waals surface area contributed by atoms with E-state index in [4.69, 9.17) is 4.52 Å². The van der Waals surface area contributed by atoms with Crippen molar-refractivity contribution >= 4 is 11.6 Å². The van der Waals surface area contributed by atoms with Gasteiger partial charge in [0.15, 0.2) is 0 Å². The summed E-state index contributed by atoms with van der Waals surface area (Å²) in [7, 11) is 0. The highest BCUT2D eigenvalue weighted by atomic mass is 16.5. The summed E-state index contributed by atoms with van der Waals surface area (Å²) >= 11 is 0. The van der Waals surface area contributed by atoms with Crippen molar-refractivity contribution in [2.45, 2.75) is 13.8 Å². The molecule has 1 amide bonds. The van der Waals surface area contributed by atoms with Crippen LogP contribution in [0.25, 0.3) is 0 Å². The van der Waals surface area contributed by atoms with E-state index in [9.17, 15) is 9.90 Å². The molecular formula is C12H12N2O3. The van der Waals surface area contributed by atoms with E-state index in [1.807, 2.05) is 0 Å². The third-order valence-corrected chi connectivity index (χ3v) is 2.45. The normalized spacial score (nSPS) is 10.2. The number of phenols is 1. The predicted octanol–water partition coefficient (Wildman–Crippen LogP) is 2.25. The maximum atomic E-state index is 11.8. The van der Waals surface area contributed by atoms with Crippen LogP contribution in [0.4, 0.5) is 5.69 Å². The largest absolute Gasteiger partial charge is 0.508 e. The number of nitrogens with zero attached hydrogens (tertiary/aromatic N) is 1. The summed E-state index contributed by atoms with van der Waals surface area (Å²) in [6.45, 7) is 3.43. The SMILES string of the molecule is Cc1cc(NC(=O)c2cnoc2C)ccc1O. The number of carbonyl (C=O) groups excluding carboxylic acids is 1. The van der Waals surface area contributed by atoms with Crippen molar-refractivity contribution in [3.8, 4) is 5.75 Å². The van der Waals surface area contributed by atoms with Gasteiger partial charge in [-0.05, 0) is 37.6 Å². The van der Waals surface area contributed by atoms with Gasteiger partial charge in [-0.2, -0.15) is 0 Å². The molecule has 88 valence electrons. The number of benzene rings is 1. The molecule has 17 heavy (non-hydrogen) atoms. The fourth-order valence-electron chi connectivity index (χ4n) is 1.45. The molecule has 0 radical (unpaired) electrons. The Bertz CT molecular complexity index is 561. The Morgan fingerprint density at radius 3 is 2.76 bits per heavy atom. The summed E-state index contributed by atoms with van der Waals surface area (Å²) in [6, 6.07) is 4.85. The molecule has 1 aromatic heterocycles. The quantitative estimate of drug-likeness (QED) is 0.778. The predicted molar refractivity (Wildman–Crippen MR) is 62.0 cm³/mol. The molecule has 2 aromatic rings. The first kappa shape index (κ1) is 11.2. The Morgan fingerprint density at radius 1 is 1.41 bits per heavy atom. The molecule has 0 aliphatic heterocycles. The van der Waals surface area contributed by atoms with Crippen LogP contribution in [0, 0.1) is 13.8 Å². The third kappa shape index (κ3) is 2.28. The number of aryl methyl sites for hydroxylation is 2. The Labute approximate surface area is 98.1 Å². The number of hydrogen-bond acceptors (Lipinski definition) is 4. The average molecular weight is 232 g/mol. The Hall–Kier alpha value is -2.30. The van der Waals surface area contributed by atoms with Gasteiger partial charge in [0, 0.05) is 5.69 Å². The average Bonchev–Trinajstić information content (AvgIpc) is 2.70. The van der Waals surface area contributed by atoms with Gasteiger partial charge in [0.25, 0.3) is 5.91 Å². The molecular weight excluding hydrogens is 220 g/mol. The first-order valence-electron chi connectivity index (χ1n) is 5.10. The maximum absolute atomic E-state index is 11.8. The van der Waals surface area contributed by atoms with Crippen molar-refractivity contribution in [1.29, 1.82) is 0 Å². The highest BCUT2D eigenvalue weighted by Gasteiger charge is 2.13. The number of aromatic nitrogens is 1. The highest BCUT2D eigenvalue weighted by Crippen LogP contribution is 2.20. The molecule has 0 atom stereocenters. The number of anilines is 1. The van der Waals surface area contributed by atoms with Gasteiger partial charge in [0.2, 0.25) is 0 Å². The fraction of sp³-hybridized carbons (Fsp3) is 0.167. The zero-order valence-electron chi connectivity index (χ0n) is 9.52. The van der Waals surface area contributed by atoms with Crippen molar-refractivity contribution in [3.63, 3.8) is 0 Å². The second-order valence-corrected chi connectivity index (χ2v) is 3.75. The maximum Gasteiger partial charge on any atom is 0.260 e. The van der Waals surface area contributed by atoms with E-state index in [1.165, 1.54) is 12.3 Å². The summed E-state index contributed by atoms with van der Waals surface area (Å²) in [5.74, 6) is 0.385. The standard InChI is InChI=1S/C12H12N2O3/c1-7-5-9(3-4-11(7)15)14-12(16)10-6-13-17-8(10)2/h3-6,15H,1-2H3,(H,14,16). The van der Waals surface area contributed by atoms with Crippen molar-refractivity contribution in [2.75, 3.05) is 5.32 Å². The van der Waals surface area contributed by atoms with Crippen molar-refractivity contribution in [1.82, 2.24) is 5.16 Å². The molecule has 0 fully saturated rings. The lowest BCUT2D eigenvalue weighted by molar-refractivity contribution is 0.102. The van der Waals surface area contributed by atoms with Gasteiger partial charge in [-0.15, -0.1) is 0 Å². The number of nitrogens with one attached hydrogen (secondary N) is 1. The van der Waals surface area contributed by atoms with Gasteiger partial charge in [0.05, 0.1) is 6.20 Å². The van der Waals surface area contributed by atoms with Crippen LogP contribution in [-0.2, 0) is 0 Å². The first-order valence-corrected chi connectivity index (χ1v) is 5.10. The number of hydrogen-bond donors (Lipinski definition) is 2. The molecule has 0 saturated carbocycles. The molecule has 0 saturated heterocycles. The lowest BCUT2D eigenvalue weighted by Gasteiger charge is -2.05. The van der Waals surface area contributed by atoms with Gasteiger partial charge >= 0.3 is 0 Å². The zero-order valence-corrected chi connectivity index (χ0v) is 9.52. The molecule has 2 rings (SSSR count). The van der Waals surface area contributed by atoms with Gasteiger partial charge in [0.1, 0.15) is 17.1 Å². The molecule has 1 aromatic carbocycles. The van der Waals surface area contributed by atoms with E-state index in [-0.39, 0.29) is 11.7 Å². The summed E-state index contributed by atoms with van der Waals surface area (Å²) in [5.41, 5.74) is 1.71. The topological polar surface area (TPSA) is 75.4 Å². The van der Waals surface area contributed by atoms with E-state index >= 15 is 0 Å². The van der Waals surface area contributed by atoms with Crippen LogP contribution < -0.4 is 5.32 Å². The van der Waals surface area contributed by atoms with Crippen molar-refractivity contribution in [2.24, 2.45) is 0 Å². The number of rotatable bonds is 2. The zero-order chi connectivity index (χ0) is 12.4. The lowest BCUT2D eigenvalue weighted by atomic mass is 10.2. The van der Waals surface area contributed by atoms with Crippen LogP contribution in [0.15, 0.2) is 28.9 Å². The Kier molecular flexibility index (Phi) is 2.82. The van der Waals surface area contributed by atoms with E-state index in [0.717, 1.165) is 0 Å². The van der Waals surface area contributed by atoms with Crippen LogP contribution in [0.2, 0.25) is 0 Å². The van der Waals surface area contributed by atoms with E-state index in [0.29, 0.717) is 22.6 Å². The number of amides is 1. The minimum absolute atomic E-state index is 0.198. The van der Waals surface area contributed by atoms with Crippen LogP contribution in [0.1, 0.15) is 21.7 Å². The first-order chi connectivity index (χ1) is 8.08. The second-order valence-electron chi connectivity index (χ2n) is 3.75. The molecule has 5 heteroatoms. The fourth-order valence-corrected chi connectivity index (χ4v) is 1.45. The van der Waals surface area contributed by atoms with Crippen LogP contribution in [0.3, 0.4) is 0 Å². The van der Waals surface area contributed by atoms with Crippen molar-refractivity contribution < 1.29 is 14.4 Å². The summed E-state index contributed by atoms with van der Waals surface area (Å²) < 4.78 is 4.82. The molecule has 0 bridgehead atoms. The molecule has 0 unspecified atom stereocenters. The van der Waals surface area contributed by atoms with E-state index in [1.54, 1.807) is 26.0 Å². The lowest BCUT2D eigenvalue weighted by Crippen LogP contribution is -2.12. The summed E-state index contributed by atoms with van der Waals surface area (Å²) in [5, 5.41) is 15.6. The Morgan fingerprint density at radius 2 is 2.18 bits per heavy atom. The van der Waals surface area contributed by atoms with Crippen LogP contribution in [-0.4, -0.2) is 16.2 Å². The van der Waals surface area contributed by atoms with Crippen LogP contribution >= 0.6 is 0 Å². The molecule has 0 aliphatic rings. The van der Waals surface area contributed by atoms with Crippen LogP contribution in [0.5, 0.6) is 5.75 Å². The molecule has 0 aliphatic carbocycles. The number of carbonyl (C=O) groups is 1. The van der Waals surface area contributed by atoms with Gasteiger partial charge in [-0.3, -0.25) is 4.79 Å². The highest BCUT2D eigenvalue weighted by molar-refractivity contribution is 6.04. The molecule has 2 N–H and O–H groups in total.